The summed E-state index contributed by atoms with van der Waals surface area (Å²) >= 11 is 0. The van der Waals surface area contributed by atoms with Gasteiger partial charge in [0.1, 0.15) is 12.2 Å². The molecule has 0 atom stereocenters. The van der Waals surface area contributed by atoms with Gasteiger partial charge in [0, 0.05) is 7.05 Å². The first-order valence-electron chi connectivity index (χ1n) is 3.83. The first-order valence-corrected chi connectivity index (χ1v) is 3.83. The molecule has 0 saturated carbocycles. The number of nitrogens with zero attached hydrogens (tertiary/aromatic N) is 4. The van der Waals surface area contributed by atoms with E-state index in [2.05, 4.69) is 10.2 Å². The van der Waals surface area contributed by atoms with Crippen molar-refractivity contribution < 1.29 is 9.90 Å². The average molecular weight is 184 g/mol. The van der Waals surface area contributed by atoms with Gasteiger partial charge in [-0.25, -0.2) is 0 Å². The molecule has 0 aromatic carbocycles. The van der Waals surface area contributed by atoms with Crippen LogP contribution >= 0.6 is 0 Å². The van der Waals surface area contributed by atoms with Gasteiger partial charge in [0.05, 0.1) is 13.1 Å². The quantitative estimate of drug-likeness (QED) is 0.672. The van der Waals surface area contributed by atoms with E-state index < -0.39 is 5.97 Å². The van der Waals surface area contributed by atoms with E-state index in [4.69, 9.17) is 5.11 Å². The molecule has 1 aromatic heterocycles. The van der Waals surface area contributed by atoms with E-state index >= 15 is 0 Å². The fourth-order valence-electron chi connectivity index (χ4n) is 0.978. The lowest BCUT2D eigenvalue weighted by molar-refractivity contribution is -0.138. The molecular formula is C7H12N4O2. The molecule has 13 heavy (non-hydrogen) atoms. The summed E-state index contributed by atoms with van der Waals surface area (Å²) in [6.45, 7) is 0.496. The van der Waals surface area contributed by atoms with Crippen LogP contribution < -0.4 is 0 Å². The van der Waals surface area contributed by atoms with Crippen LogP contribution in [-0.2, 0) is 18.4 Å². The molecule has 0 bridgehead atoms. The highest BCUT2D eigenvalue weighted by Crippen LogP contribution is 1.96. The molecule has 0 unspecified atom stereocenters. The summed E-state index contributed by atoms with van der Waals surface area (Å²) in [4.78, 5) is 12.0. The van der Waals surface area contributed by atoms with Crippen molar-refractivity contribution in [3.63, 3.8) is 0 Å². The Balaban J connectivity index is 2.49. The SMILES string of the molecule is CN(CC(=O)O)Cc1nncn1C. The minimum atomic E-state index is -0.843. The Kier molecular flexibility index (Phi) is 2.97. The van der Waals surface area contributed by atoms with Crippen LogP contribution in [0.3, 0.4) is 0 Å². The Labute approximate surface area is 75.8 Å². The summed E-state index contributed by atoms with van der Waals surface area (Å²) in [5.74, 6) is -0.0894. The number of hydrogen-bond donors (Lipinski definition) is 1. The second kappa shape index (κ2) is 3.99. The second-order valence-electron chi connectivity index (χ2n) is 2.92. The van der Waals surface area contributed by atoms with E-state index in [-0.39, 0.29) is 6.54 Å². The number of aliphatic carboxylic acids is 1. The third kappa shape index (κ3) is 2.83. The second-order valence-corrected chi connectivity index (χ2v) is 2.92. The highest BCUT2D eigenvalue weighted by Gasteiger charge is 2.07. The normalized spacial score (nSPS) is 10.7. The Morgan fingerprint density at radius 1 is 1.77 bits per heavy atom. The van der Waals surface area contributed by atoms with Gasteiger partial charge < -0.3 is 9.67 Å². The maximum absolute atomic E-state index is 10.3. The number of hydrogen-bond acceptors (Lipinski definition) is 4. The maximum atomic E-state index is 10.3. The molecule has 0 aliphatic carbocycles. The molecule has 0 amide bonds. The fraction of sp³-hybridized carbons (Fsp3) is 0.571. The molecule has 1 heterocycles. The average Bonchev–Trinajstić information content (AvgIpc) is 2.34. The van der Waals surface area contributed by atoms with Crippen LogP contribution in [0, 0.1) is 0 Å². The zero-order valence-corrected chi connectivity index (χ0v) is 7.64. The lowest BCUT2D eigenvalue weighted by Gasteiger charge is -2.12. The van der Waals surface area contributed by atoms with E-state index in [9.17, 15) is 4.79 Å². The standard InChI is InChI=1S/C7H12N4O2/c1-10(4-7(12)13)3-6-9-8-5-11(6)2/h5H,3-4H2,1-2H3,(H,12,13). The van der Waals surface area contributed by atoms with Crippen LogP contribution in [0.4, 0.5) is 0 Å². The van der Waals surface area contributed by atoms with Crippen molar-refractivity contribution >= 4 is 5.97 Å². The number of likely N-dealkylation sites (N-methyl/N-ethyl adjacent to an activating group) is 1. The molecule has 1 aromatic rings. The molecule has 0 aliphatic heterocycles. The predicted molar refractivity (Wildman–Crippen MR) is 45.0 cm³/mol. The van der Waals surface area contributed by atoms with E-state index in [1.54, 1.807) is 22.8 Å². The summed E-state index contributed by atoms with van der Waals surface area (Å²) in [6, 6.07) is 0. The van der Waals surface area contributed by atoms with Crippen molar-refractivity contribution in [1.82, 2.24) is 19.7 Å². The summed E-state index contributed by atoms with van der Waals surface area (Å²) < 4.78 is 1.76. The van der Waals surface area contributed by atoms with Crippen molar-refractivity contribution in [2.75, 3.05) is 13.6 Å². The van der Waals surface area contributed by atoms with Crippen LogP contribution in [0.15, 0.2) is 6.33 Å². The molecular weight excluding hydrogens is 172 g/mol. The smallest absolute Gasteiger partial charge is 0.317 e. The van der Waals surface area contributed by atoms with Gasteiger partial charge in [-0.2, -0.15) is 0 Å². The molecule has 1 rings (SSSR count). The monoisotopic (exact) mass is 184 g/mol. The highest BCUT2D eigenvalue weighted by molar-refractivity contribution is 5.68. The van der Waals surface area contributed by atoms with E-state index in [1.165, 1.54) is 0 Å². The number of aromatic nitrogens is 3. The van der Waals surface area contributed by atoms with E-state index in [0.29, 0.717) is 6.54 Å². The van der Waals surface area contributed by atoms with Crippen molar-refractivity contribution in [2.45, 2.75) is 6.54 Å². The van der Waals surface area contributed by atoms with Gasteiger partial charge in [-0.15, -0.1) is 10.2 Å². The number of carbonyl (C=O) groups is 1. The number of carboxylic acids is 1. The van der Waals surface area contributed by atoms with Crippen molar-refractivity contribution in [3.05, 3.63) is 12.2 Å². The van der Waals surface area contributed by atoms with Crippen molar-refractivity contribution in [2.24, 2.45) is 7.05 Å². The maximum Gasteiger partial charge on any atom is 0.317 e. The zero-order chi connectivity index (χ0) is 9.84. The minimum absolute atomic E-state index is 0.00681. The summed E-state index contributed by atoms with van der Waals surface area (Å²) in [5, 5.41) is 16.0. The molecule has 72 valence electrons. The molecule has 1 N–H and O–H groups in total. The zero-order valence-electron chi connectivity index (χ0n) is 7.64. The Morgan fingerprint density at radius 2 is 2.46 bits per heavy atom. The first kappa shape index (κ1) is 9.66. The Bertz CT molecular complexity index is 296. The molecule has 0 fully saturated rings. The summed E-state index contributed by atoms with van der Waals surface area (Å²) in [7, 11) is 3.55. The number of rotatable bonds is 4. The van der Waals surface area contributed by atoms with Crippen molar-refractivity contribution in [1.29, 1.82) is 0 Å². The third-order valence-electron chi connectivity index (χ3n) is 1.62. The van der Waals surface area contributed by atoms with Gasteiger partial charge in [-0.05, 0) is 7.05 Å². The largest absolute Gasteiger partial charge is 0.480 e. The van der Waals surface area contributed by atoms with Crippen LogP contribution in [0.25, 0.3) is 0 Å². The Morgan fingerprint density at radius 3 is 2.92 bits per heavy atom. The lowest BCUT2D eigenvalue weighted by atomic mass is 10.5. The molecule has 0 radical (unpaired) electrons. The Hall–Kier alpha value is -1.43. The highest BCUT2D eigenvalue weighted by atomic mass is 16.4. The van der Waals surface area contributed by atoms with Gasteiger partial charge in [-0.3, -0.25) is 9.69 Å². The fourth-order valence-corrected chi connectivity index (χ4v) is 0.978. The van der Waals surface area contributed by atoms with Gasteiger partial charge in [-0.1, -0.05) is 0 Å². The third-order valence-corrected chi connectivity index (χ3v) is 1.62. The number of carboxylic acid groups (broad SMARTS) is 1. The van der Waals surface area contributed by atoms with Gasteiger partial charge in [0.15, 0.2) is 0 Å². The van der Waals surface area contributed by atoms with Crippen LogP contribution in [0.5, 0.6) is 0 Å². The van der Waals surface area contributed by atoms with Gasteiger partial charge in [0.25, 0.3) is 0 Å². The lowest BCUT2D eigenvalue weighted by Crippen LogP contribution is -2.26. The van der Waals surface area contributed by atoms with Gasteiger partial charge >= 0.3 is 5.97 Å². The minimum Gasteiger partial charge on any atom is -0.480 e. The molecule has 6 nitrogen and oxygen atoms in total. The summed E-state index contributed by atoms with van der Waals surface area (Å²) in [5.41, 5.74) is 0. The predicted octanol–water partition coefficient (Wildman–Crippen LogP) is -0.669. The first-order chi connectivity index (χ1) is 6.09. The van der Waals surface area contributed by atoms with E-state index in [1.807, 2.05) is 7.05 Å². The molecule has 0 saturated heterocycles. The summed E-state index contributed by atoms with van der Waals surface area (Å²) in [6.07, 6.45) is 1.59. The van der Waals surface area contributed by atoms with E-state index in [0.717, 1.165) is 5.82 Å². The topological polar surface area (TPSA) is 71.2 Å². The molecule has 0 aliphatic rings. The number of aryl methyl sites for hydroxylation is 1. The van der Waals surface area contributed by atoms with Crippen LogP contribution in [-0.4, -0.2) is 44.3 Å². The molecule has 0 spiro atoms. The van der Waals surface area contributed by atoms with Crippen molar-refractivity contribution in [3.8, 4) is 0 Å². The van der Waals surface area contributed by atoms with Crippen LogP contribution in [0.2, 0.25) is 0 Å². The molecule has 6 heteroatoms. The van der Waals surface area contributed by atoms with Gasteiger partial charge in [0.2, 0.25) is 0 Å². The van der Waals surface area contributed by atoms with Crippen LogP contribution in [0.1, 0.15) is 5.82 Å².